The van der Waals surface area contributed by atoms with E-state index in [9.17, 15) is 5.11 Å². The Kier molecular flexibility index (Phi) is 7.98. The number of halogens is 2. The quantitative estimate of drug-likeness (QED) is 0.853. The smallest absolute Gasteiger partial charge is 0.133 e. The van der Waals surface area contributed by atoms with Crippen molar-refractivity contribution in [2.45, 2.75) is 32.2 Å². The van der Waals surface area contributed by atoms with Crippen LogP contribution in [0.4, 0.5) is 0 Å². The number of rotatable bonds is 5. The summed E-state index contributed by atoms with van der Waals surface area (Å²) in [6.07, 6.45) is -0.0649. The van der Waals surface area contributed by atoms with Gasteiger partial charge in [-0.05, 0) is 41.9 Å². The second-order valence-corrected chi connectivity index (χ2v) is 6.23. The summed E-state index contributed by atoms with van der Waals surface area (Å²) in [5, 5.41) is 10.1. The van der Waals surface area contributed by atoms with Crippen LogP contribution in [0.5, 0.6) is 5.75 Å². The number of aliphatic hydroxyl groups excluding tert-OH is 1. The highest BCUT2D eigenvalue weighted by Crippen LogP contribution is 2.23. The van der Waals surface area contributed by atoms with Crippen LogP contribution in [0, 0.1) is 0 Å². The number of ether oxygens (including phenoxy) is 2. The van der Waals surface area contributed by atoms with Gasteiger partial charge < -0.3 is 14.6 Å². The van der Waals surface area contributed by atoms with Crippen molar-refractivity contribution in [2.75, 3.05) is 26.2 Å². The third-order valence-corrected chi connectivity index (χ3v) is 3.89. The molecule has 3 unspecified atom stereocenters. The molecule has 0 aliphatic carbocycles. The van der Waals surface area contributed by atoms with E-state index in [0.29, 0.717) is 13.2 Å². The molecule has 1 fully saturated rings. The first-order valence-corrected chi connectivity index (χ1v) is 7.77. The van der Waals surface area contributed by atoms with E-state index in [-0.39, 0.29) is 24.6 Å². The van der Waals surface area contributed by atoms with Crippen LogP contribution < -0.4 is 4.74 Å². The highest BCUT2D eigenvalue weighted by molar-refractivity contribution is 9.10. The van der Waals surface area contributed by atoms with Gasteiger partial charge in [-0.15, -0.1) is 12.4 Å². The van der Waals surface area contributed by atoms with Crippen molar-refractivity contribution < 1.29 is 14.6 Å². The van der Waals surface area contributed by atoms with Crippen LogP contribution in [0.3, 0.4) is 0 Å². The van der Waals surface area contributed by atoms with Crippen LogP contribution >= 0.6 is 28.3 Å². The van der Waals surface area contributed by atoms with Gasteiger partial charge in [-0.2, -0.15) is 0 Å². The maximum Gasteiger partial charge on any atom is 0.133 e. The molecule has 0 radical (unpaired) electrons. The largest absolute Gasteiger partial charge is 0.490 e. The predicted molar refractivity (Wildman–Crippen MR) is 89.3 cm³/mol. The summed E-state index contributed by atoms with van der Waals surface area (Å²) >= 11 is 3.43. The Morgan fingerprint density at radius 2 is 1.95 bits per heavy atom. The number of β-amino-alcohol motifs (C(OH)–C–C–N with tert-alkyl or cyclic N) is 1. The van der Waals surface area contributed by atoms with Gasteiger partial charge in [0.15, 0.2) is 0 Å². The number of hydrogen-bond donors (Lipinski definition) is 1. The zero-order valence-electron chi connectivity index (χ0n) is 12.4. The Labute approximate surface area is 141 Å². The summed E-state index contributed by atoms with van der Waals surface area (Å²) in [5.74, 6) is 0.760. The minimum Gasteiger partial charge on any atom is -0.490 e. The van der Waals surface area contributed by atoms with E-state index >= 15 is 0 Å². The maximum atomic E-state index is 10.1. The average molecular weight is 381 g/mol. The van der Waals surface area contributed by atoms with Crippen molar-refractivity contribution in [3.05, 3.63) is 28.7 Å². The Bertz CT molecular complexity index is 425. The predicted octanol–water partition coefficient (Wildman–Crippen LogP) is 2.72. The molecule has 21 heavy (non-hydrogen) atoms. The highest BCUT2D eigenvalue weighted by atomic mass is 79.9. The van der Waals surface area contributed by atoms with E-state index < -0.39 is 6.10 Å². The minimum atomic E-state index is -0.500. The van der Waals surface area contributed by atoms with Gasteiger partial charge in [-0.1, -0.05) is 12.1 Å². The van der Waals surface area contributed by atoms with Gasteiger partial charge in [-0.3, -0.25) is 4.90 Å². The van der Waals surface area contributed by atoms with E-state index in [2.05, 4.69) is 34.7 Å². The fourth-order valence-corrected chi connectivity index (χ4v) is 2.93. The van der Waals surface area contributed by atoms with E-state index in [1.807, 2.05) is 24.3 Å². The number of morpholine rings is 1. The highest BCUT2D eigenvalue weighted by Gasteiger charge is 2.23. The molecule has 1 heterocycles. The first-order chi connectivity index (χ1) is 9.54. The first-order valence-electron chi connectivity index (χ1n) is 6.98. The molecule has 1 aromatic carbocycles. The van der Waals surface area contributed by atoms with Crippen LogP contribution in [0.1, 0.15) is 13.8 Å². The van der Waals surface area contributed by atoms with Crippen molar-refractivity contribution in [1.82, 2.24) is 4.90 Å². The molecular weight excluding hydrogens is 358 g/mol. The Morgan fingerprint density at radius 1 is 1.33 bits per heavy atom. The second kappa shape index (κ2) is 8.96. The molecule has 0 spiro atoms. The first kappa shape index (κ1) is 18.7. The zero-order chi connectivity index (χ0) is 14.5. The number of nitrogens with zero attached hydrogens (tertiary/aromatic N) is 1. The van der Waals surface area contributed by atoms with Gasteiger partial charge in [0.1, 0.15) is 18.5 Å². The molecule has 0 saturated carbocycles. The summed E-state index contributed by atoms with van der Waals surface area (Å²) < 4.78 is 12.2. The van der Waals surface area contributed by atoms with Crippen molar-refractivity contribution >= 4 is 28.3 Å². The molecule has 1 aliphatic heterocycles. The van der Waals surface area contributed by atoms with Gasteiger partial charge in [0.05, 0.1) is 16.7 Å². The summed E-state index contributed by atoms with van der Waals surface area (Å²) in [6.45, 7) is 6.75. The van der Waals surface area contributed by atoms with E-state index in [1.165, 1.54) is 0 Å². The molecular formula is C15H23BrClNO3. The zero-order valence-corrected chi connectivity index (χ0v) is 14.8. The third kappa shape index (κ3) is 6.12. The molecule has 1 N–H and O–H groups in total. The lowest BCUT2D eigenvalue weighted by atomic mass is 10.2. The monoisotopic (exact) mass is 379 g/mol. The molecule has 0 aromatic heterocycles. The van der Waals surface area contributed by atoms with Crippen LogP contribution in [0.25, 0.3) is 0 Å². The topological polar surface area (TPSA) is 41.9 Å². The SMILES string of the molecule is CC1CN(CC(O)COc2ccccc2Br)CC(C)O1.Cl. The van der Waals surface area contributed by atoms with Crippen LogP contribution in [-0.2, 0) is 4.74 Å². The van der Waals surface area contributed by atoms with Gasteiger partial charge in [0, 0.05) is 19.6 Å². The molecule has 0 amide bonds. The summed E-state index contributed by atoms with van der Waals surface area (Å²) in [4.78, 5) is 2.23. The molecule has 6 heteroatoms. The lowest BCUT2D eigenvalue weighted by molar-refractivity contribution is -0.0787. The Balaban J connectivity index is 0.00000220. The molecule has 1 saturated heterocycles. The minimum absolute atomic E-state index is 0. The average Bonchev–Trinajstić information content (AvgIpc) is 2.36. The van der Waals surface area contributed by atoms with Gasteiger partial charge in [-0.25, -0.2) is 0 Å². The van der Waals surface area contributed by atoms with Crippen molar-refractivity contribution in [1.29, 1.82) is 0 Å². The normalized spacial score (nSPS) is 24.2. The molecule has 4 nitrogen and oxygen atoms in total. The lowest BCUT2D eigenvalue weighted by Crippen LogP contribution is -2.48. The Hall–Kier alpha value is -0.330. The third-order valence-electron chi connectivity index (χ3n) is 3.23. The van der Waals surface area contributed by atoms with Crippen molar-refractivity contribution in [2.24, 2.45) is 0 Å². The molecule has 1 aliphatic rings. The van der Waals surface area contributed by atoms with E-state index in [0.717, 1.165) is 23.3 Å². The van der Waals surface area contributed by atoms with Crippen LogP contribution in [0.2, 0.25) is 0 Å². The van der Waals surface area contributed by atoms with E-state index in [4.69, 9.17) is 9.47 Å². The van der Waals surface area contributed by atoms with Gasteiger partial charge in [0.2, 0.25) is 0 Å². The molecule has 1 aromatic rings. The summed E-state index contributed by atoms with van der Waals surface area (Å²) in [6, 6.07) is 7.66. The molecule has 2 rings (SSSR count). The summed E-state index contributed by atoms with van der Waals surface area (Å²) in [5.41, 5.74) is 0. The number of hydrogen-bond acceptors (Lipinski definition) is 4. The van der Waals surface area contributed by atoms with Crippen LogP contribution in [0.15, 0.2) is 28.7 Å². The van der Waals surface area contributed by atoms with Crippen molar-refractivity contribution in [3.8, 4) is 5.75 Å². The fraction of sp³-hybridized carbons (Fsp3) is 0.600. The standard InChI is InChI=1S/C15H22BrNO3.ClH/c1-11-7-17(8-12(2)20-11)9-13(18)10-19-15-6-4-3-5-14(15)16;/h3-6,11-13,18H,7-10H2,1-2H3;1H. The fourth-order valence-electron chi connectivity index (χ4n) is 2.53. The number of benzene rings is 1. The lowest BCUT2D eigenvalue weighted by Gasteiger charge is -2.36. The van der Waals surface area contributed by atoms with Gasteiger partial charge in [0.25, 0.3) is 0 Å². The number of para-hydroxylation sites is 1. The van der Waals surface area contributed by atoms with Crippen molar-refractivity contribution in [3.63, 3.8) is 0 Å². The summed E-state index contributed by atoms with van der Waals surface area (Å²) in [7, 11) is 0. The maximum absolute atomic E-state index is 10.1. The van der Waals surface area contributed by atoms with Crippen LogP contribution in [-0.4, -0.2) is 54.6 Å². The molecule has 0 bridgehead atoms. The Morgan fingerprint density at radius 3 is 2.57 bits per heavy atom. The van der Waals surface area contributed by atoms with Gasteiger partial charge >= 0.3 is 0 Å². The molecule has 120 valence electrons. The second-order valence-electron chi connectivity index (χ2n) is 5.37. The number of aliphatic hydroxyl groups is 1. The molecule has 3 atom stereocenters. The van der Waals surface area contributed by atoms with E-state index in [1.54, 1.807) is 0 Å².